The molecule has 0 aliphatic rings. The molecule has 0 atom stereocenters. The Morgan fingerprint density at radius 1 is 1.47 bits per heavy atom. The predicted molar refractivity (Wildman–Crippen MR) is 46.4 cm³/mol. The maximum Gasteiger partial charge on any atom is 0.433 e. The van der Waals surface area contributed by atoms with Crippen LogP contribution in [0.25, 0.3) is 0 Å². The lowest BCUT2D eigenvalue weighted by Gasteiger charge is -2.07. The molecule has 0 spiro atoms. The molecule has 15 heavy (non-hydrogen) atoms. The van der Waals surface area contributed by atoms with Gasteiger partial charge in [0, 0.05) is 6.07 Å². The smallest absolute Gasteiger partial charge is 0.433 e. The van der Waals surface area contributed by atoms with Gasteiger partial charge in [-0.05, 0) is 0 Å². The molecule has 0 N–H and O–H groups in total. The largest absolute Gasteiger partial charge is 0.450 e. The van der Waals surface area contributed by atoms with E-state index in [4.69, 9.17) is 18.0 Å². The first-order valence-corrected chi connectivity index (χ1v) is 3.99. The van der Waals surface area contributed by atoms with Crippen molar-refractivity contribution in [3.63, 3.8) is 0 Å². The van der Waals surface area contributed by atoms with Gasteiger partial charge < -0.3 is 4.74 Å². The Balaban J connectivity index is 3.01. The van der Waals surface area contributed by atoms with Crippen molar-refractivity contribution in [2.75, 3.05) is 6.61 Å². The predicted octanol–water partition coefficient (Wildman–Crippen LogP) is 2.16. The molecular formula is C8H4ClF3N2O. The fraction of sp³-hybridized carbons (Fsp3) is 0.250. The number of nitrogens with zero attached hydrogens (tertiary/aromatic N) is 2. The minimum atomic E-state index is -4.60. The number of ether oxygens (including phenoxy) is 1. The second-order valence-corrected chi connectivity index (χ2v) is 2.74. The molecule has 0 saturated carbocycles. The van der Waals surface area contributed by atoms with Crippen LogP contribution >= 0.6 is 11.6 Å². The zero-order valence-electron chi connectivity index (χ0n) is 7.18. The fourth-order valence-electron chi connectivity index (χ4n) is 0.713. The van der Waals surface area contributed by atoms with Gasteiger partial charge in [-0.15, -0.1) is 6.42 Å². The third-order valence-corrected chi connectivity index (χ3v) is 1.44. The van der Waals surface area contributed by atoms with Crippen molar-refractivity contribution in [3.05, 3.63) is 16.9 Å². The van der Waals surface area contributed by atoms with E-state index in [0.717, 1.165) is 0 Å². The lowest BCUT2D eigenvalue weighted by Crippen LogP contribution is -2.10. The van der Waals surface area contributed by atoms with Gasteiger partial charge in [0.2, 0.25) is 0 Å². The van der Waals surface area contributed by atoms with Crippen LogP contribution in [0.5, 0.6) is 6.01 Å². The highest BCUT2D eigenvalue weighted by Gasteiger charge is 2.33. The van der Waals surface area contributed by atoms with Gasteiger partial charge in [0.1, 0.15) is 5.15 Å². The van der Waals surface area contributed by atoms with E-state index < -0.39 is 17.9 Å². The van der Waals surface area contributed by atoms with Crippen LogP contribution in [0.15, 0.2) is 6.07 Å². The minimum absolute atomic E-state index is 0.225. The topological polar surface area (TPSA) is 35.0 Å². The quantitative estimate of drug-likeness (QED) is 0.583. The molecular weight excluding hydrogens is 233 g/mol. The fourth-order valence-corrected chi connectivity index (χ4v) is 0.888. The number of hydrogen-bond acceptors (Lipinski definition) is 3. The van der Waals surface area contributed by atoms with E-state index >= 15 is 0 Å². The summed E-state index contributed by atoms with van der Waals surface area (Å²) in [5.74, 6) is 2.07. The molecule has 0 bridgehead atoms. The first-order chi connectivity index (χ1) is 6.93. The van der Waals surface area contributed by atoms with Gasteiger partial charge in [0.15, 0.2) is 12.3 Å². The minimum Gasteiger partial charge on any atom is -0.450 e. The Kier molecular flexibility index (Phi) is 3.37. The number of terminal acetylenes is 1. The molecule has 0 aliphatic heterocycles. The van der Waals surface area contributed by atoms with Crippen molar-refractivity contribution < 1.29 is 17.9 Å². The molecule has 0 amide bonds. The molecule has 1 rings (SSSR count). The van der Waals surface area contributed by atoms with E-state index in [1.54, 1.807) is 0 Å². The molecule has 1 heterocycles. The average molecular weight is 237 g/mol. The SMILES string of the molecule is C#CCOc1nc(Cl)cc(C(F)(F)F)n1. The Morgan fingerprint density at radius 3 is 2.67 bits per heavy atom. The van der Waals surface area contributed by atoms with Crippen molar-refractivity contribution in [2.45, 2.75) is 6.18 Å². The van der Waals surface area contributed by atoms with Crippen LogP contribution in [0.4, 0.5) is 13.2 Å². The molecule has 1 aromatic rings. The Bertz CT molecular complexity index is 400. The number of alkyl halides is 3. The standard InChI is InChI=1S/C8H4ClF3N2O/c1-2-3-15-7-13-5(8(10,11)12)4-6(9)14-7/h1,4H,3H2. The van der Waals surface area contributed by atoms with E-state index in [9.17, 15) is 13.2 Å². The van der Waals surface area contributed by atoms with Crippen molar-refractivity contribution in [3.8, 4) is 18.4 Å². The molecule has 80 valence electrons. The van der Waals surface area contributed by atoms with Crippen LogP contribution in [-0.2, 0) is 6.18 Å². The molecule has 1 aromatic heterocycles. The number of aromatic nitrogens is 2. The summed E-state index contributed by atoms with van der Waals surface area (Å²) in [5.41, 5.74) is -1.17. The first kappa shape index (κ1) is 11.6. The second-order valence-electron chi connectivity index (χ2n) is 2.35. The second kappa shape index (κ2) is 4.36. The van der Waals surface area contributed by atoms with Crippen LogP contribution < -0.4 is 4.74 Å². The lowest BCUT2D eigenvalue weighted by molar-refractivity contribution is -0.141. The van der Waals surface area contributed by atoms with Crippen LogP contribution in [0.2, 0.25) is 5.15 Å². The van der Waals surface area contributed by atoms with E-state index in [-0.39, 0.29) is 11.8 Å². The molecule has 0 aliphatic carbocycles. The summed E-state index contributed by atoms with van der Waals surface area (Å²) in [5, 5.41) is -0.357. The highest BCUT2D eigenvalue weighted by molar-refractivity contribution is 6.29. The van der Waals surface area contributed by atoms with Crippen LogP contribution in [0.1, 0.15) is 5.69 Å². The van der Waals surface area contributed by atoms with Crippen molar-refractivity contribution in [1.82, 2.24) is 9.97 Å². The molecule has 0 fully saturated rings. The molecule has 0 aromatic carbocycles. The summed E-state index contributed by atoms with van der Waals surface area (Å²) >= 11 is 5.35. The zero-order valence-corrected chi connectivity index (χ0v) is 7.93. The van der Waals surface area contributed by atoms with Gasteiger partial charge in [-0.1, -0.05) is 17.5 Å². The van der Waals surface area contributed by atoms with E-state index in [2.05, 4.69) is 20.6 Å². The maximum absolute atomic E-state index is 12.2. The Morgan fingerprint density at radius 2 is 2.13 bits per heavy atom. The third-order valence-electron chi connectivity index (χ3n) is 1.25. The summed E-state index contributed by atoms with van der Waals surface area (Å²) in [4.78, 5) is 6.53. The van der Waals surface area contributed by atoms with E-state index in [1.807, 2.05) is 0 Å². The van der Waals surface area contributed by atoms with Gasteiger partial charge in [0.05, 0.1) is 0 Å². The molecule has 3 nitrogen and oxygen atoms in total. The van der Waals surface area contributed by atoms with Gasteiger partial charge in [-0.3, -0.25) is 0 Å². The summed E-state index contributed by atoms with van der Waals surface area (Å²) in [7, 11) is 0. The monoisotopic (exact) mass is 236 g/mol. The highest BCUT2D eigenvalue weighted by Crippen LogP contribution is 2.29. The molecule has 0 radical (unpaired) electrons. The summed E-state index contributed by atoms with van der Waals surface area (Å²) in [6.45, 7) is -0.225. The van der Waals surface area contributed by atoms with Gasteiger partial charge in [-0.2, -0.15) is 23.1 Å². The first-order valence-electron chi connectivity index (χ1n) is 3.61. The Labute approximate surface area is 88.2 Å². The maximum atomic E-state index is 12.2. The van der Waals surface area contributed by atoms with Crippen LogP contribution in [0, 0.1) is 12.3 Å². The third kappa shape index (κ3) is 3.29. The Hall–Kier alpha value is -1.48. The number of rotatable bonds is 2. The summed E-state index contributed by atoms with van der Waals surface area (Å²) in [6.07, 6.45) is 0.256. The lowest BCUT2D eigenvalue weighted by atomic mass is 10.4. The van der Waals surface area contributed by atoms with Gasteiger partial charge in [0.25, 0.3) is 0 Å². The highest BCUT2D eigenvalue weighted by atomic mass is 35.5. The zero-order chi connectivity index (χ0) is 11.5. The molecule has 0 saturated heterocycles. The normalized spacial score (nSPS) is 10.9. The van der Waals surface area contributed by atoms with E-state index in [1.165, 1.54) is 0 Å². The number of halogens is 4. The van der Waals surface area contributed by atoms with Crippen LogP contribution in [0.3, 0.4) is 0 Å². The molecule has 7 heteroatoms. The summed E-state index contributed by atoms with van der Waals surface area (Å²) in [6, 6.07) is 0.109. The van der Waals surface area contributed by atoms with Crippen molar-refractivity contribution in [1.29, 1.82) is 0 Å². The van der Waals surface area contributed by atoms with Crippen LogP contribution in [-0.4, -0.2) is 16.6 Å². The van der Waals surface area contributed by atoms with Crippen molar-refractivity contribution >= 4 is 11.6 Å². The van der Waals surface area contributed by atoms with Gasteiger partial charge >= 0.3 is 12.2 Å². The van der Waals surface area contributed by atoms with Crippen molar-refractivity contribution in [2.24, 2.45) is 0 Å². The number of hydrogen-bond donors (Lipinski definition) is 0. The molecule has 0 unspecified atom stereocenters. The van der Waals surface area contributed by atoms with Gasteiger partial charge in [-0.25, -0.2) is 0 Å². The summed E-state index contributed by atoms with van der Waals surface area (Å²) < 4.78 is 41.3. The van der Waals surface area contributed by atoms with E-state index in [0.29, 0.717) is 6.07 Å². The average Bonchev–Trinajstić information content (AvgIpc) is 2.12.